The number of alkyl halides is 2. The topological polar surface area (TPSA) is 20.2 Å². The first-order valence-corrected chi connectivity index (χ1v) is 4.55. The van der Waals surface area contributed by atoms with E-state index in [9.17, 15) is 8.78 Å². The van der Waals surface area contributed by atoms with Gasteiger partial charge in [-0.05, 0) is 6.07 Å². The summed E-state index contributed by atoms with van der Waals surface area (Å²) < 4.78 is 25.9. The summed E-state index contributed by atoms with van der Waals surface area (Å²) in [5.74, 6) is -2.95. The Morgan fingerprint density at radius 3 is 2.67 bits per heavy atom. The first-order valence-electron chi connectivity index (χ1n) is 3.29. The Balaban J connectivity index is 2.81. The van der Waals surface area contributed by atoms with Gasteiger partial charge in [0.15, 0.2) is 0 Å². The van der Waals surface area contributed by atoms with Gasteiger partial charge in [0.05, 0.1) is 9.90 Å². The van der Waals surface area contributed by atoms with Crippen LogP contribution in [0.1, 0.15) is 11.3 Å². The smallest absolute Gasteiger partial charge is 0.284 e. The van der Waals surface area contributed by atoms with E-state index in [-0.39, 0.29) is 4.88 Å². The fourth-order valence-corrected chi connectivity index (χ4v) is 1.85. The molecule has 5 heteroatoms. The second kappa shape index (κ2) is 3.68. The van der Waals surface area contributed by atoms with Crippen molar-refractivity contribution in [3.8, 4) is 0 Å². The molecule has 12 heavy (non-hydrogen) atoms. The lowest BCUT2D eigenvalue weighted by Crippen LogP contribution is -2.13. The van der Waals surface area contributed by atoms with E-state index < -0.39 is 19.0 Å². The van der Waals surface area contributed by atoms with Gasteiger partial charge in [-0.15, -0.1) is 11.3 Å². The SMILES string of the molecule is OCCC(F)(F)c1cc(Cl)cs1. The van der Waals surface area contributed by atoms with Gasteiger partial charge in [-0.1, -0.05) is 11.6 Å². The van der Waals surface area contributed by atoms with E-state index in [1.54, 1.807) is 0 Å². The zero-order chi connectivity index (χ0) is 9.19. The molecule has 0 fully saturated rings. The van der Waals surface area contributed by atoms with Crippen molar-refractivity contribution >= 4 is 22.9 Å². The number of halogens is 3. The Morgan fingerprint density at radius 2 is 2.25 bits per heavy atom. The fourth-order valence-electron chi connectivity index (χ4n) is 0.768. The second-order valence-electron chi connectivity index (χ2n) is 2.31. The molecule has 0 bridgehead atoms. The molecule has 1 aromatic heterocycles. The van der Waals surface area contributed by atoms with Gasteiger partial charge in [0.1, 0.15) is 0 Å². The van der Waals surface area contributed by atoms with Crippen molar-refractivity contribution in [3.63, 3.8) is 0 Å². The normalized spacial score (nSPS) is 12.0. The van der Waals surface area contributed by atoms with Crippen LogP contribution >= 0.6 is 22.9 Å². The molecule has 0 aliphatic rings. The van der Waals surface area contributed by atoms with Crippen LogP contribution in [0.4, 0.5) is 8.78 Å². The molecule has 1 aromatic rings. The minimum absolute atomic E-state index is 0.0958. The van der Waals surface area contributed by atoms with Crippen LogP contribution in [0, 0.1) is 0 Å². The Bertz CT molecular complexity index is 262. The molecule has 0 saturated heterocycles. The third kappa shape index (κ3) is 2.15. The van der Waals surface area contributed by atoms with Gasteiger partial charge in [-0.25, -0.2) is 8.78 Å². The van der Waals surface area contributed by atoms with Crippen molar-refractivity contribution < 1.29 is 13.9 Å². The summed E-state index contributed by atoms with van der Waals surface area (Å²) in [6.45, 7) is -0.525. The molecule has 0 atom stereocenters. The van der Waals surface area contributed by atoms with Crippen molar-refractivity contribution in [1.29, 1.82) is 0 Å². The summed E-state index contributed by atoms with van der Waals surface area (Å²) in [4.78, 5) is -0.0958. The molecular weight excluding hydrogens is 206 g/mol. The predicted molar refractivity (Wildman–Crippen MR) is 44.9 cm³/mol. The average Bonchev–Trinajstić information content (AvgIpc) is 2.36. The molecule has 1 N–H and O–H groups in total. The first-order chi connectivity index (χ1) is 5.56. The Morgan fingerprint density at radius 1 is 1.58 bits per heavy atom. The Hall–Kier alpha value is -0.190. The van der Waals surface area contributed by atoms with Gasteiger partial charge in [0.2, 0.25) is 0 Å². The van der Waals surface area contributed by atoms with Crippen LogP contribution in [0.5, 0.6) is 0 Å². The molecule has 0 unspecified atom stereocenters. The summed E-state index contributed by atoms with van der Waals surface area (Å²) in [6.07, 6.45) is -0.552. The number of hydrogen-bond acceptors (Lipinski definition) is 2. The van der Waals surface area contributed by atoms with Gasteiger partial charge in [-0.3, -0.25) is 0 Å². The quantitative estimate of drug-likeness (QED) is 0.817. The maximum atomic E-state index is 13.0. The molecular formula is C7H7ClF2OS. The standard InChI is InChI=1S/C7H7ClF2OS/c8-5-3-6(12-4-5)7(9,10)1-2-11/h3-4,11H,1-2H2. The molecule has 1 rings (SSSR count). The number of hydrogen-bond donors (Lipinski definition) is 1. The van der Waals surface area contributed by atoms with Crippen molar-refractivity contribution in [3.05, 3.63) is 21.3 Å². The zero-order valence-electron chi connectivity index (χ0n) is 6.06. The maximum absolute atomic E-state index is 13.0. The zero-order valence-corrected chi connectivity index (χ0v) is 7.63. The largest absolute Gasteiger partial charge is 0.396 e. The second-order valence-corrected chi connectivity index (χ2v) is 3.65. The first kappa shape index (κ1) is 9.89. The fraction of sp³-hybridized carbons (Fsp3) is 0.429. The minimum Gasteiger partial charge on any atom is -0.396 e. The van der Waals surface area contributed by atoms with Crippen LogP contribution in [0.15, 0.2) is 11.4 Å². The molecule has 0 saturated carbocycles. The third-order valence-corrected chi connectivity index (χ3v) is 2.74. The Labute approximate surface area is 77.6 Å². The minimum atomic E-state index is -2.95. The highest BCUT2D eigenvalue weighted by atomic mass is 35.5. The van der Waals surface area contributed by atoms with Gasteiger partial charge in [0, 0.05) is 18.4 Å². The molecule has 0 aliphatic carbocycles. The lowest BCUT2D eigenvalue weighted by Gasteiger charge is -2.11. The highest BCUT2D eigenvalue weighted by Crippen LogP contribution is 2.36. The van der Waals surface area contributed by atoms with Gasteiger partial charge < -0.3 is 5.11 Å². The van der Waals surface area contributed by atoms with E-state index in [1.165, 1.54) is 11.4 Å². The summed E-state index contributed by atoms with van der Waals surface area (Å²) in [5.41, 5.74) is 0. The third-order valence-electron chi connectivity index (χ3n) is 1.35. The van der Waals surface area contributed by atoms with Crippen molar-refractivity contribution in [1.82, 2.24) is 0 Å². The van der Waals surface area contributed by atoms with E-state index in [4.69, 9.17) is 16.7 Å². The van der Waals surface area contributed by atoms with Crippen LogP contribution in [-0.2, 0) is 5.92 Å². The number of rotatable bonds is 3. The van der Waals surface area contributed by atoms with Gasteiger partial charge in [0.25, 0.3) is 5.92 Å². The van der Waals surface area contributed by atoms with E-state index >= 15 is 0 Å². The number of thiophene rings is 1. The van der Waals surface area contributed by atoms with E-state index in [0.29, 0.717) is 5.02 Å². The van der Waals surface area contributed by atoms with Crippen LogP contribution in [0.3, 0.4) is 0 Å². The summed E-state index contributed by atoms with van der Waals surface area (Å²) in [7, 11) is 0. The van der Waals surface area contributed by atoms with Gasteiger partial charge in [-0.2, -0.15) is 0 Å². The molecule has 0 aromatic carbocycles. The summed E-state index contributed by atoms with van der Waals surface area (Å²) in [5, 5.41) is 10.1. The Kier molecular flexibility index (Phi) is 3.04. The van der Waals surface area contributed by atoms with E-state index in [1.807, 2.05) is 0 Å². The van der Waals surface area contributed by atoms with Gasteiger partial charge >= 0.3 is 0 Å². The molecule has 1 nitrogen and oxygen atoms in total. The lowest BCUT2D eigenvalue weighted by atomic mass is 10.2. The van der Waals surface area contributed by atoms with Crippen LogP contribution < -0.4 is 0 Å². The van der Waals surface area contributed by atoms with Crippen LogP contribution in [0.25, 0.3) is 0 Å². The van der Waals surface area contributed by atoms with Crippen molar-refractivity contribution in [2.24, 2.45) is 0 Å². The number of aliphatic hydroxyl groups excluding tert-OH is 1. The highest BCUT2D eigenvalue weighted by molar-refractivity contribution is 7.10. The van der Waals surface area contributed by atoms with E-state index in [2.05, 4.69) is 0 Å². The predicted octanol–water partition coefficient (Wildman–Crippen LogP) is 2.88. The molecule has 68 valence electrons. The lowest BCUT2D eigenvalue weighted by molar-refractivity contribution is -0.0234. The van der Waals surface area contributed by atoms with E-state index in [0.717, 1.165) is 11.3 Å². The van der Waals surface area contributed by atoms with Crippen LogP contribution in [-0.4, -0.2) is 11.7 Å². The highest BCUT2D eigenvalue weighted by Gasteiger charge is 2.32. The van der Waals surface area contributed by atoms with Crippen molar-refractivity contribution in [2.45, 2.75) is 12.3 Å². The monoisotopic (exact) mass is 212 g/mol. The van der Waals surface area contributed by atoms with Crippen molar-refractivity contribution in [2.75, 3.05) is 6.61 Å². The average molecular weight is 213 g/mol. The summed E-state index contributed by atoms with van der Waals surface area (Å²) in [6, 6.07) is 1.22. The summed E-state index contributed by atoms with van der Waals surface area (Å²) >= 11 is 6.38. The molecule has 1 heterocycles. The molecule has 0 amide bonds. The van der Waals surface area contributed by atoms with Crippen LogP contribution in [0.2, 0.25) is 5.02 Å². The molecule has 0 spiro atoms. The maximum Gasteiger partial charge on any atom is 0.284 e. The number of aliphatic hydroxyl groups is 1. The molecule has 0 radical (unpaired) electrons. The molecule has 0 aliphatic heterocycles.